The summed E-state index contributed by atoms with van der Waals surface area (Å²) in [5, 5.41) is 1.03. The fraction of sp³-hybridized carbons (Fsp3) is 0.286. The average molecular weight is 288 g/mol. The Morgan fingerprint density at radius 1 is 1.30 bits per heavy atom. The highest BCUT2D eigenvalue weighted by atomic mass is 32.1. The van der Waals surface area contributed by atoms with E-state index in [1.54, 1.807) is 11.3 Å². The van der Waals surface area contributed by atoms with Crippen LogP contribution in [0.4, 0.5) is 11.8 Å². The van der Waals surface area contributed by atoms with Gasteiger partial charge in [0.15, 0.2) is 0 Å². The summed E-state index contributed by atoms with van der Waals surface area (Å²) in [5.41, 5.74) is 5.80. The van der Waals surface area contributed by atoms with Crippen molar-refractivity contribution in [1.29, 1.82) is 0 Å². The van der Waals surface area contributed by atoms with Gasteiger partial charge in [-0.05, 0) is 32.0 Å². The molecule has 6 heteroatoms. The lowest BCUT2D eigenvalue weighted by Gasteiger charge is -2.17. The molecule has 20 heavy (non-hydrogen) atoms. The predicted molar refractivity (Wildman–Crippen MR) is 82.1 cm³/mol. The van der Waals surface area contributed by atoms with E-state index >= 15 is 0 Å². The van der Waals surface area contributed by atoms with Crippen molar-refractivity contribution in [3.05, 3.63) is 34.6 Å². The van der Waals surface area contributed by atoms with Crippen LogP contribution in [-0.4, -0.2) is 17.0 Å². The smallest absolute Gasteiger partial charge is 0.223 e. The van der Waals surface area contributed by atoms with Gasteiger partial charge in [-0.1, -0.05) is 0 Å². The second kappa shape index (κ2) is 4.79. The second-order valence-corrected chi connectivity index (χ2v) is 6.08. The fourth-order valence-corrected chi connectivity index (χ4v) is 3.09. The number of furan rings is 1. The highest BCUT2D eigenvalue weighted by molar-refractivity contribution is 7.18. The van der Waals surface area contributed by atoms with Crippen LogP contribution in [0.25, 0.3) is 10.2 Å². The first-order valence-corrected chi connectivity index (χ1v) is 7.14. The number of hydrogen-bond donors (Lipinski definition) is 1. The molecule has 0 spiro atoms. The topological polar surface area (TPSA) is 68.2 Å². The molecule has 2 N–H and O–H groups in total. The van der Waals surface area contributed by atoms with Crippen molar-refractivity contribution in [3.63, 3.8) is 0 Å². The van der Waals surface area contributed by atoms with Gasteiger partial charge in [0, 0.05) is 11.9 Å². The Kier molecular flexibility index (Phi) is 3.10. The third-order valence-electron chi connectivity index (χ3n) is 3.06. The van der Waals surface area contributed by atoms with Crippen LogP contribution < -0.4 is 10.6 Å². The van der Waals surface area contributed by atoms with Crippen molar-refractivity contribution in [3.8, 4) is 0 Å². The maximum atomic E-state index is 5.80. The number of fused-ring (bicyclic) bond motifs is 1. The quantitative estimate of drug-likeness (QED) is 0.802. The third-order valence-corrected chi connectivity index (χ3v) is 4.01. The van der Waals surface area contributed by atoms with Gasteiger partial charge in [0.1, 0.15) is 22.2 Å². The number of nitrogens with zero attached hydrogens (tertiary/aromatic N) is 3. The molecule has 0 aliphatic heterocycles. The number of nitrogen functional groups attached to an aromatic ring is 1. The lowest BCUT2D eigenvalue weighted by molar-refractivity contribution is 0.481. The molecule has 0 aliphatic carbocycles. The van der Waals surface area contributed by atoms with Crippen LogP contribution in [0.5, 0.6) is 0 Å². The van der Waals surface area contributed by atoms with Crippen LogP contribution in [-0.2, 0) is 6.54 Å². The molecule has 3 aromatic rings. The molecule has 0 bridgehead atoms. The molecule has 0 fully saturated rings. The molecular formula is C14H16N4OS. The van der Waals surface area contributed by atoms with E-state index in [1.807, 2.05) is 31.0 Å². The second-order valence-electron chi connectivity index (χ2n) is 4.85. The van der Waals surface area contributed by atoms with Crippen molar-refractivity contribution >= 4 is 33.3 Å². The van der Waals surface area contributed by atoms with E-state index in [0.717, 1.165) is 27.6 Å². The molecule has 5 nitrogen and oxygen atoms in total. The van der Waals surface area contributed by atoms with Gasteiger partial charge in [0.2, 0.25) is 5.95 Å². The molecule has 0 atom stereocenters. The number of rotatable bonds is 3. The first kappa shape index (κ1) is 12.9. The lowest BCUT2D eigenvalue weighted by Crippen LogP contribution is -2.18. The minimum absolute atomic E-state index is 0.303. The van der Waals surface area contributed by atoms with Crippen LogP contribution in [0.2, 0.25) is 0 Å². The first-order chi connectivity index (χ1) is 9.52. The summed E-state index contributed by atoms with van der Waals surface area (Å²) in [6, 6.07) is 6.03. The van der Waals surface area contributed by atoms with Crippen LogP contribution in [0.3, 0.4) is 0 Å². The SMILES string of the molecule is Cc1ccc(CN(C)c2nc(N)nc3sc(C)cc23)o1. The Morgan fingerprint density at radius 2 is 2.10 bits per heavy atom. The Bertz CT molecular complexity index is 762. The summed E-state index contributed by atoms with van der Waals surface area (Å²) >= 11 is 1.63. The Hall–Kier alpha value is -2.08. The Morgan fingerprint density at radius 3 is 2.80 bits per heavy atom. The summed E-state index contributed by atoms with van der Waals surface area (Å²) in [6.07, 6.45) is 0. The van der Waals surface area contributed by atoms with E-state index in [4.69, 9.17) is 10.2 Å². The van der Waals surface area contributed by atoms with Gasteiger partial charge in [0.05, 0.1) is 11.9 Å². The van der Waals surface area contributed by atoms with Crippen LogP contribution >= 0.6 is 11.3 Å². The number of aryl methyl sites for hydroxylation is 2. The normalized spacial score (nSPS) is 11.2. The van der Waals surface area contributed by atoms with Gasteiger partial charge in [-0.3, -0.25) is 0 Å². The standard InChI is InChI=1S/C14H16N4OS/c1-8-4-5-10(19-8)7-18(3)12-11-6-9(2)20-13(11)17-14(15)16-12/h4-6H,7H2,1-3H3,(H2,15,16,17). The first-order valence-electron chi connectivity index (χ1n) is 6.33. The van der Waals surface area contributed by atoms with Crippen molar-refractivity contribution in [2.45, 2.75) is 20.4 Å². The summed E-state index contributed by atoms with van der Waals surface area (Å²) in [5.74, 6) is 2.96. The highest BCUT2D eigenvalue weighted by Crippen LogP contribution is 2.31. The van der Waals surface area contributed by atoms with Crippen LogP contribution in [0, 0.1) is 13.8 Å². The van der Waals surface area contributed by atoms with E-state index in [1.165, 1.54) is 4.88 Å². The fourth-order valence-electron chi connectivity index (χ4n) is 2.21. The minimum atomic E-state index is 0.303. The number of anilines is 2. The minimum Gasteiger partial charge on any atom is -0.464 e. The zero-order valence-corrected chi connectivity index (χ0v) is 12.5. The molecule has 104 valence electrons. The largest absolute Gasteiger partial charge is 0.464 e. The van der Waals surface area contributed by atoms with Gasteiger partial charge < -0.3 is 15.1 Å². The molecule has 0 aromatic carbocycles. The lowest BCUT2D eigenvalue weighted by atomic mass is 10.3. The molecule has 0 aliphatic rings. The summed E-state index contributed by atoms with van der Waals surface area (Å²) < 4.78 is 5.61. The number of nitrogens with two attached hydrogens (primary N) is 1. The number of aromatic nitrogens is 2. The number of thiophene rings is 1. The van der Waals surface area contributed by atoms with E-state index in [0.29, 0.717) is 12.5 Å². The van der Waals surface area contributed by atoms with Crippen LogP contribution in [0.1, 0.15) is 16.4 Å². The van der Waals surface area contributed by atoms with Gasteiger partial charge in [-0.2, -0.15) is 4.98 Å². The molecular weight excluding hydrogens is 272 g/mol. The van der Waals surface area contributed by atoms with Crippen molar-refractivity contribution < 1.29 is 4.42 Å². The molecule has 0 saturated carbocycles. The van der Waals surface area contributed by atoms with Gasteiger partial charge in [-0.25, -0.2) is 4.98 Å². The molecule has 0 unspecified atom stereocenters. The summed E-state index contributed by atoms with van der Waals surface area (Å²) in [7, 11) is 1.98. The predicted octanol–water partition coefficient (Wildman–Crippen LogP) is 3.12. The van der Waals surface area contributed by atoms with Crippen molar-refractivity contribution in [2.24, 2.45) is 0 Å². The third kappa shape index (κ3) is 2.34. The van der Waals surface area contributed by atoms with Crippen molar-refractivity contribution in [1.82, 2.24) is 9.97 Å². The van der Waals surface area contributed by atoms with E-state index in [-0.39, 0.29) is 0 Å². The number of hydrogen-bond acceptors (Lipinski definition) is 6. The highest BCUT2D eigenvalue weighted by Gasteiger charge is 2.14. The van der Waals surface area contributed by atoms with Gasteiger partial charge in [-0.15, -0.1) is 11.3 Å². The van der Waals surface area contributed by atoms with Crippen LogP contribution in [0.15, 0.2) is 22.6 Å². The maximum Gasteiger partial charge on any atom is 0.223 e. The van der Waals surface area contributed by atoms with E-state index < -0.39 is 0 Å². The molecule has 3 aromatic heterocycles. The van der Waals surface area contributed by atoms with E-state index in [2.05, 4.69) is 23.0 Å². The van der Waals surface area contributed by atoms with Gasteiger partial charge in [0.25, 0.3) is 0 Å². The van der Waals surface area contributed by atoms with Crippen molar-refractivity contribution in [2.75, 3.05) is 17.7 Å². The Balaban J connectivity index is 1.99. The monoisotopic (exact) mass is 288 g/mol. The zero-order chi connectivity index (χ0) is 14.3. The molecule has 3 rings (SSSR count). The average Bonchev–Trinajstić information content (AvgIpc) is 2.93. The van der Waals surface area contributed by atoms with E-state index in [9.17, 15) is 0 Å². The molecule has 3 heterocycles. The van der Waals surface area contributed by atoms with Gasteiger partial charge >= 0.3 is 0 Å². The molecule has 0 radical (unpaired) electrons. The molecule has 0 saturated heterocycles. The summed E-state index contributed by atoms with van der Waals surface area (Å²) in [4.78, 5) is 12.8. The molecule has 0 amide bonds. The zero-order valence-electron chi connectivity index (χ0n) is 11.7. The summed E-state index contributed by atoms with van der Waals surface area (Å²) in [6.45, 7) is 4.64. The Labute approximate surface area is 121 Å². The maximum absolute atomic E-state index is 5.80.